The van der Waals surface area contributed by atoms with Crippen molar-refractivity contribution in [1.82, 2.24) is 0 Å². The number of nitrogens with two attached hydrogens (primary N) is 1. The average Bonchev–Trinajstić information content (AvgIpc) is 2.44. The van der Waals surface area contributed by atoms with E-state index in [0.29, 0.717) is 24.4 Å². The maximum absolute atomic E-state index is 9.04. The summed E-state index contributed by atoms with van der Waals surface area (Å²) in [7, 11) is 0. The molecular formula is C16H17N3O. The second-order valence-electron chi connectivity index (χ2n) is 4.51. The number of nitrogens with zero attached hydrogens (tertiary/aromatic N) is 1. The van der Waals surface area contributed by atoms with Gasteiger partial charge < -0.3 is 15.8 Å². The average molecular weight is 267 g/mol. The van der Waals surface area contributed by atoms with Crippen molar-refractivity contribution in [3.8, 4) is 11.8 Å². The quantitative estimate of drug-likeness (QED) is 0.645. The molecule has 0 spiro atoms. The Labute approximate surface area is 118 Å². The molecule has 3 N–H and O–H groups in total. The Bertz CT molecular complexity index is 632. The van der Waals surface area contributed by atoms with Gasteiger partial charge >= 0.3 is 0 Å². The zero-order valence-corrected chi connectivity index (χ0v) is 11.4. The number of rotatable bonds is 5. The molecule has 0 unspecified atom stereocenters. The van der Waals surface area contributed by atoms with Crippen LogP contribution in [0.1, 0.15) is 11.1 Å². The van der Waals surface area contributed by atoms with Crippen LogP contribution in [0, 0.1) is 18.3 Å². The Morgan fingerprint density at radius 1 is 1.25 bits per heavy atom. The number of aryl methyl sites for hydroxylation is 1. The van der Waals surface area contributed by atoms with Crippen LogP contribution in [-0.2, 0) is 0 Å². The molecule has 2 aromatic carbocycles. The van der Waals surface area contributed by atoms with Crippen LogP contribution < -0.4 is 15.8 Å². The SMILES string of the molecule is Cc1ccc(C#N)c(NCCOc2cccc(N)c2)c1. The molecule has 0 atom stereocenters. The van der Waals surface area contributed by atoms with Crippen molar-refractivity contribution in [3.63, 3.8) is 0 Å². The van der Waals surface area contributed by atoms with Crippen LogP contribution >= 0.6 is 0 Å². The molecular weight excluding hydrogens is 250 g/mol. The number of nitrogens with one attached hydrogen (secondary N) is 1. The van der Waals surface area contributed by atoms with E-state index in [2.05, 4.69) is 11.4 Å². The second-order valence-corrected chi connectivity index (χ2v) is 4.51. The number of ether oxygens (including phenoxy) is 1. The predicted molar refractivity (Wildman–Crippen MR) is 80.7 cm³/mol. The molecule has 0 aliphatic carbocycles. The molecule has 0 fully saturated rings. The lowest BCUT2D eigenvalue weighted by atomic mass is 10.1. The fourth-order valence-corrected chi connectivity index (χ4v) is 1.86. The van der Waals surface area contributed by atoms with Crippen molar-refractivity contribution in [3.05, 3.63) is 53.6 Å². The van der Waals surface area contributed by atoms with Crippen molar-refractivity contribution >= 4 is 11.4 Å². The van der Waals surface area contributed by atoms with Crippen molar-refractivity contribution in [2.45, 2.75) is 6.92 Å². The topological polar surface area (TPSA) is 71.1 Å². The van der Waals surface area contributed by atoms with Gasteiger partial charge in [0, 0.05) is 18.3 Å². The summed E-state index contributed by atoms with van der Waals surface area (Å²) in [5, 5.41) is 12.3. The predicted octanol–water partition coefficient (Wildman–Crippen LogP) is 2.94. The summed E-state index contributed by atoms with van der Waals surface area (Å²) in [6.07, 6.45) is 0. The number of hydrogen-bond acceptors (Lipinski definition) is 4. The van der Waals surface area contributed by atoms with Gasteiger partial charge in [-0.2, -0.15) is 5.26 Å². The summed E-state index contributed by atoms with van der Waals surface area (Å²) in [5.74, 6) is 0.747. The van der Waals surface area contributed by atoms with E-state index in [-0.39, 0.29) is 0 Å². The number of nitrogen functional groups attached to an aromatic ring is 1. The molecule has 2 rings (SSSR count). The van der Waals surface area contributed by atoms with E-state index in [1.165, 1.54) is 0 Å². The summed E-state index contributed by atoms with van der Waals surface area (Å²) in [5.41, 5.74) is 8.95. The zero-order valence-electron chi connectivity index (χ0n) is 11.4. The van der Waals surface area contributed by atoms with Gasteiger partial charge in [0.15, 0.2) is 0 Å². The third kappa shape index (κ3) is 3.66. The van der Waals surface area contributed by atoms with E-state index >= 15 is 0 Å². The largest absolute Gasteiger partial charge is 0.492 e. The van der Waals surface area contributed by atoms with Crippen LogP contribution in [-0.4, -0.2) is 13.2 Å². The highest BCUT2D eigenvalue weighted by molar-refractivity contribution is 5.58. The molecule has 0 aromatic heterocycles. The first-order chi connectivity index (χ1) is 9.69. The van der Waals surface area contributed by atoms with E-state index < -0.39 is 0 Å². The van der Waals surface area contributed by atoms with Crippen LogP contribution in [0.2, 0.25) is 0 Å². The molecule has 0 heterocycles. The Morgan fingerprint density at radius 3 is 2.85 bits per heavy atom. The summed E-state index contributed by atoms with van der Waals surface area (Å²) in [6, 6.07) is 15.2. The minimum atomic E-state index is 0.502. The lowest BCUT2D eigenvalue weighted by Crippen LogP contribution is -2.12. The highest BCUT2D eigenvalue weighted by Crippen LogP contribution is 2.17. The third-order valence-corrected chi connectivity index (χ3v) is 2.84. The van der Waals surface area contributed by atoms with Gasteiger partial charge in [0.1, 0.15) is 18.4 Å². The Morgan fingerprint density at radius 2 is 2.10 bits per heavy atom. The zero-order chi connectivity index (χ0) is 14.4. The Hall–Kier alpha value is -2.67. The van der Waals surface area contributed by atoms with Gasteiger partial charge in [-0.25, -0.2) is 0 Å². The second kappa shape index (κ2) is 6.48. The molecule has 0 aliphatic rings. The molecule has 2 aromatic rings. The fraction of sp³-hybridized carbons (Fsp3) is 0.188. The van der Waals surface area contributed by atoms with Gasteiger partial charge in [0.25, 0.3) is 0 Å². The highest BCUT2D eigenvalue weighted by Gasteiger charge is 2.01. The molecule has 4 nitrogen and oxygen atoms in total. The standard InChI is InChI=1S/C16H17N3O/c1-12-5-6-13(11-17)16(9-12)19-7-8-20-15-4-2-3-14(18)10-15/h2-6,9-10,19H,7-8,18H2,1H3. The van der Waals surface area contributed by atoms with Crippen molar-refractivity contribution in [1.29, 1.82) is 5.26 Å². The van der Waals surface area contributed by atoms with E-state index in [9.17, 15) is 0 Å². The molecule has 102 valence electrons. The van der Waals surface area contributed by atoms with Gasteiger partial charge in [-0.15, -0.1) is 0 Å². The molecule has 0 amide bonds. The van der Waals surface area contributed by atoms with Crippen molar-refractivity contribution < 1.29 is 4.74 Å². The molecule has 0 saturated heterocycles. The number of anilines is 2. The molecule has 4 heteroatoms. The maximum atomic E-state index is 9.04. The minimum Gasteiger partial charge on any atom is -0.492 e. The third-order valence-electron chi connectivity index (χ3n) is 2.84. The van der Waals surface area contributed by atoms with Gasteiger partial charge in [0.05, 0.1) is 11.3 Å². The number of hydrogen-bond donors (Lipinski definition) is 2. The van der Waals surface area contributed by atoms with Gasteiger partial charge in [-0.1, -0.05) is 12.1 Å². The van der Waals surface area contributed by atoms with Crippen LogP contribution in [0.15, 0.2) is 42.5 Å². The molecule has 0 radical (unpaired) electrons. The van der Waals surface area contributed by atoms with Crippen molar-refractivity contribution in [2.24, 2.45) is 0 Å². The number of benzene rings is 2. The molecule has 0 saturated carbocycles. The fourth-order valence-electron chi connectivity index (χ4n) is 1.86. The summed E-state index contributed by atoms with van der Waals surface area (Å²) in [6.45, 7) is 3.12. The van der Waals surface area contributed by atoms with Gasteiger partial charge in [-0.05, 0) is 36.8 Å². The summed E-state index contributed by atoms with van der Waals surface area (Å²) >= 11 is 0. The highest BCUT2D eigenvalue weighted by atomic mass is 16.5. The lowest BCUT2D eigenvalue weighted by molar-refractivity contribution is 0.333. The lowest BCUT2D eigenvalue weighted by Gasteiger charge is -2.10. The van der Waals surface area contributed by atoms with Crippen LogP contribution in [0.25, 0.3) is 0 Å². The summed E-state index contributed by atoms with van der Waals surface area (Å²) in [4.78, 5) is 0. The first-order valence-electron chi connectivity index (χ1n) is 6.42. The molecule has 0 aliphatic heterocycles. The smallest absolute Gasteiger partial charge is 0.121 e. The maximum Gasteiger partial charge on any atom is 0.121 e. The van der Waals surface area contributed by atoms with Crippen LogP contribution in [0.3, 0.4) is 0 Å². The van der Waals surface area contributed by atoms with Crippen molar-refractivity contribution in [2.75, 3.05) is 24.2 Å². The number of nitriles is 1. The van der Waals surface area contributed by atoms with Gasteiger partial charge in [-0.3, -0.25) is 0 Å². The first kappa shape index (κ1) is 13.8. The summed E-state index contributed by atoms with van der Waals surface area (Å²) < 4.78 is 5.59. The van der Waals surface area contributed by atoms with Gasteiger partial charge in [0.2, 0.25) is 0 Å². The van der Waals surface area contributed by atoms with E-state index in [4.69, 9.17) is 15.7 Å². The van der Waals surface area contributed by atoms with E-state index in [1.54, 1.807) is 6.07 Å². The normalized spacial score (nSPS) is 9.80. The first-order valence-corrected chi connectivity index (χ1v) is 6.42. The Kier molecular flexibility index (Phi) is 4.46. The van der Waals surface area contributed by atoms with E-state index in [1.807, 2.05) is 43.3 Å². The Balaban J connectivity index is 1.87. The van der Waals surface area contributed by atoms with Crippen LogP contribution in [0.4, 0.5) is 11.4 Å². The van der Waals surface area contributed by atoms with E-state index in [0.717, 1.165) is 17.0 Å². The monoisotopic (exact) mass is 267 g/mol. The molecule has 20 heavy (non-hydrogen) atoms. The molecule has 0 bridgehead atoms. The minimum absolute atomic E-state index is 0.502. The van der Waals surface area contributed by atoms with Crippen LogP contribution in [0.5, 0.6) is 5.75 Å².